The molecule has 1 aliphatic heterocycles. The van der Waals surface area contributed by atoms with Crippen molar-refractivity contribution >= 4 is 11.6 Å². The van der Waals surface area contributed by atoms with Crippen LogP contribution in [-0.4, -0.2) is 63.6 Å². The summed E-state index contributed by atoms with van der Waals surface area (Å²) in [5, 5.41) is 6.80. The summed E-state index contributed by atoms with van der Waals surface area (Å²) in [6.45, 7) is 4.00. The van der Waals surface area contributed by atoms with Gasteiger partial charge in [0.2, 0.25) is 17.6 Å². The van der Waals surface area contributed by atoms with E-state index in [1.807, 2.05) is 12.1 Å². The molecule has 3 heterocycles. The number of pyridine rings is 1. The first-order valence-electron chi connectivity index (χ1n) is 9.39. The second kappa shape index (κ2) is 8.89. The Labute approximate surface area is 167 Å². The van der Waals surface area contributed by atoms with Gasteiger partial charge in [-0.05, 0) is 36.4 Å². The second-order valence-corrected chi connectivity index (χ2v) is 6.86. The van der Waals surface area contributed by atoms with Crippen LogP contribution in [0.2, 0.25) is 0 Å². The first-order chi connectivity index (χ1) is 14.2. The highest BCUT2D eigenvalue weighted by molar-refractivity contribution is 5.92. The molecule has 1 aliphatic rings. The van der Waals surface area contributed by atoms with Gasteiger partial charge in [0.25, 0.3) is 0 Å². The summed E-state index contributed by atoms with van der Waals surface area (Å²) in [5.74, 6) is 0.659. The lowest BCUT2D eigenvalue weighted by atomic mass is 10.3. The van der Waals surface area contributed by atoms with Gasteiger partial charge in [-0.2, -0.15) is 4.98 Å². The molecule has 1 N–H and O–H groups in total. The van der Waals surface area contributed by atoms with E-state index in [0.29, 0.717) is 30.5 Å². The molecule has 0 saturated carbocycles. The van der Waals surface area contributed by atoms with Gasteiger partial charge in [-0.25, -0.2) is 4.39 Å². The topological polar surface area (TPSA) is 87.4 Å². The van der Waals surface area contributed by atoms with Gasteiger partial charge in [-0.15, -0.1) is 0 Å². The van der Waals surface area contributed by atoms with Crippen LogP contribution in [-0.2, 0) is 11.3 Å². The average molecular weight is 396 g/mol. The number of aromatic nitrogens is 3. The number of hydrogen-bond acceptors (Lipinski definition) is 7. The highest BCUT2D eigenvalue weighted by atomic mass is 19.1. The molecule has 0 radical (unpaired) electrons. The number of nitrogens with one attached hydrogen (secondary N) is 1. The van der Waals surface area contributed by atoms with Crippen LogP contribution in [0.3, 0.4) is 0 Å². The van der Waals surface area contributed by atoms with Crippen LogP contribution in [0.15, 0.2) is 53.3 Å². The summed E-state index contributed by atoms with van der Waals surface area (Å²) < 4.78 is 18.3. The minimum Gasteiger partial charge on any atom is -0.338 e. The van der Waals surface area contributed by atoms with Gasteiger partial charge >= 0.3 is 0 Å². The minimum absolute atomic E-state index is 0.108. The summed E-state index contributed by atoms with van der Waals surface area (Å²) >= 11 is 0. The van der Waals surface area contributed by atoms with Crippen LogP contribution in [0.1, 0.15) is 5.89 Å². The molecule has 150 valence electrons. The Morgan fingerprint density at radius 3 is 2.59 bits per heavy atom. The standard InChI is InChI=1S/C20H21FN6O2/c21-16-3-5-17(6-4-16)23-18(28)13-26-8-10-27(11-9-26)14-19-24-20(25-29-19)15-2-1-7-22-12-15/h1-7,12H,8-11,13-14H2,(H,23,28). The van der Waals surface area contributed by atoms with E-state index in [-0.39, 0.29) is 11.7 Å². The van der Waals surface area contributed by atoms with Gasteiger partial charge < -0.3 is 9.84 Å². The molecule has 0 aliphatic carbocycles. The van der Waals surface area contributed by atoms with Crippen molar-refractivity contribution in [2.24, 2.45) is 0 Å². The molecular formula is C20H21FN6O2. The van der Waals surface area contributed by atoms with Gasteiger partial charge in [0.1, 0.15) is 5.82 Å². The molecule has 0 unspecified atom stereocenters. The fourth-order valence-electron chi connectivity index (χ4n) is 3.17. The van der Waals surface area contributed by atoms with Crippen molar-refractivity contribution in [3.8, 4) is 11.4 Å². The summed E-state index contributed by atoms with van der Waals surface area (Å²) in [7, 11) is 0. The maximum Gasteiger partial charge on any atom is 0.241 e. The molecule has 1 saturated heterocycles. The second-order valence-electron chi connectivity index (χ2n) is 6.86. The van der Waals surface area contributed by atoms with Crippen molar-refractivity contribution in [3.05, 3.63) is 60.5 Å². The number of nitrogens with zero attached hydrogens (tertiary/aromatic N) is 5. The zero-order valence-electron chi connectivity index (χ0n) is 15.8. The molecule has 0 bridgehead atoms. The molecule has 8 nitrogen and oxygen atoms in total. The van der Waals surface area contributed by atoms with E-state index in [9.17, 15) is 9.18 Å². The van der Waals surface area contributed by atoms with E-state index in [0.717, 1.165) is 31.7 Å². The Hall–Kier alpha value is -3.17. The molecular weight excluding hydrogens is 375 g/mol. The van der Waals surface area contributed by atoms with Crippen LogP contribution in [0.25, 0.3) is 11.4 Å². The Balaban J connectivity index is 1.23. The number of carbonyl (C=O) groups excluding carboxylic acids is 1. The van der Waals surface area contributed by atoms with Crippen molar-refractivity contribution in [1.82, 2.24) is 24.9 Å². The quantitative estimate of drug-likeness (QED) is 0.682. The molecule has 29 heavy (non-hydrogen) atoms. The zero-order chi connectivity index (χ0) is 20.1. The molecule has 9 heteroatoms. The highest BCUT2D eigenvalue weighted by Gasteiger charge is 2.21. The molecule has 0 spiro atoms. The van der Waals surface area contributed by atoms with Crippen molar-refractivity contribution in [3.63, 3.8) is 0 Å². The fraction of sp³-hybridized carbons (Fsp3) is 0.300. The van der Waals surface area contributed by atoms with E-state index in [1.165, 1.54) is 12.1 Å². The molecule has 1 fully saturated rings. The number of carbonyl (C=O) groups is 1. The molecule has 4 rings (SSSR count). The fourth-order valence-corrected chi connectivity index (χ4v) is 3.17. The predicted octanol–water partition coefficient (Wildman–Crippen LogP) is 2.03. The van der Waals surface area contributed by atoms with Gasteiger partial charge in [-0.3, -0.25) is 19.6 Å². The average Bonchev–Trinajstić information content (AvgIpc) is 3.20. The highest BCUT2D eigenvalue weighted by Crippen LogP contribution is 2.15. The molecule has 1 amide bonds. The number of rotatable bonds is 6. The van der Waals surface area contributed by atoms with E-state index >= 15 is 0 Å². The van der Waals surface area contributed by atoms with Crippen molar-refractivity contribution in [2.45, 2.75) is 6.54 Å². The molecule has 1 aromatic carbocycles. The third kappa shape index (κ3) is 5.21. The van der Waals surface area contributed by atoms with Crippen LogP contribution < -0.4 is 5.32 Å². The molecule has 3 aromatic rings. The van der Waals surface area contributed by atoms with Gasteiger partial charge in [-0.1, -0.05) is 5.16 Å². The van der Waals surface area contributed by atoms with Gasteiger partial charge in [0.15, 0.2) is 0 Å². The first kappa shape index (κ1) is 19.2. The summed E-state index contributed by atoms with van der Waals surface area (Å²) in [6, 6.07) is 9.47. The van der Waals surface area contributed by atoms with E-state index in [4.69, 9.17) is 4.52 Å². The largest absolute Gasteiger partial charge is 0.338 e. The Bertz CT molecular complexity index is 939. The molecule has 0 atom stereocenters. The lowest BCUT2D eigenvalue weighted by Gasteiger charge is -2.33. The van der Waals surface area contributed by atoms with Crippen LogP contribution >= 0.6 is 0 Å². The van der Waals surface area contributed by atoms with Gasteiger partial charge in [0.05, 0.1) is 13.1 Å². The smallest absolute Gasteiger partial charge is 0.241 e. The third-order valence-electron chi connectivity index (χ3n) is 4.71. The minimum atomic E-state index is -0.326. The van der Waals surface area contributed by atoms with Gasteiger partial charge in [0, 0.05) is 49.8 Å². The SMILES string of the molecule is O=C(CN1CCN(Cc2nc(-c3cccnc3)no2)CC1)Nc1ccc(F)cc1. The number of piperazine rings is 1. The van der Waals surface area contributed by atoms with E-state index < -0.39 is 0 Å². The van der Waals surface area contributed by atoms with Crippen LogP contribution in [0, 0.1) is 5.82 Å². The Morgan fingerprint density at radius 2 is 1.86 bits per heavy atom. The summed E-state index contributed by atoms with van der Waals surface area (Å²) in [5.41, 5.74) is 1.41. The van der Waals surface area contributed by atoms with Crippen molar-refractivity contribution < 1.29 is 13.7 Å². The number of halogens is 1. The Morgan fingerprint density at radius 1 is 1.10 bits per heavy atom. The number of benzene rings is 1. The van der Waals surface area contributed by atoms with Crippen molar-refractivity contribution in [2.75, 3.05) is 38.0 Å². The monoisotopic (exact) mass is 396 g/mol. The van der Waals surface area contributed by atoms with Crippen LogP contribution in [0.5, 0.6) is 0 Å². The van der Waals surface area contributed by atoms with E-state index in [1.54, 1.807) is 24.5 Å². The van der Waals surface area contributed by atoms with Crippen molar-refractivity contribution in [1.29, 1.82) is 0 Å². The lowest BCUT2D eigenvalue weighted by molar-refractivity contribution is -0.117. The zero-order valence-corrected chi connectivity index (χ0v) is 15.8. The maximum absolute atomic E-state index is 12.9. The number of anilines is 1. The lowest BCUT2D eigenvalue weighted by Crippen LogP contribution is -2.48. The molecule has 2 aromatic heterocycles. The third-order valence-corrected chi connectivity index (χ3v) is 4.71. The van der Waals surface area contributed by atoms with E-state index in [2.05, 4.69) is 30.2 Å². The first-order valence-corrected chi connectivity index (χ1v) is 9.39. The summed E-state index contributed by atoms with van der Waals surface area (Å²) in [6.07, 6.45) is 3.40. The normalized spacial score (nSPS) is 15.3. The number of hydrogen-bond donors (Lipinski definition) is 1. The Kier molecular flexibility index (Phi) is 5.87. The summed E-state index contributed by atoms with van der Waals surface area (Å²) in [4.78, 5) is 25.0. The predicted molar refractivity (Wildman–Crippen MR) is 104 cm³/mol. The number of amides is 1. The van der Waals surface area contributed by atoms with Crippen LogP contribution in [0.4, 0.5) is 10.1 Å². The maximum atomic E-state index is 12.9.